The van der Waals surface area contributed by atoms with E-state index in [1.54, 1.807) is 12.1 Å². The van der Waals surface area contributed by atoms with Gasteiger partial charge < -0.3 is 21.7 Å². The number of rotatable bonds is 6. The summed E-state index contributed by atoms with van der Waals surface area (Å²) in [6.45, 7) is 1.83. The lowest BCUT2D eigenvalue weighted by Gasteiger charge is -2.24. The molecule has 1 aromatic carbocycles. The molecule has 0 aliphatic heterocycles. The molecule has 5 nitrogen and oxygen atoms in total. The van der Waals surface area contributed by atoms with E-state index in [0.717, 1.165) is 24.8 Å². The quantitative estimate of drug-likeness (QED) is 0.690. The van der Waals surface area contributed by atoms with Crippen LogP contribution in [-0.4, -0.2) is 37.0 Å². The van der Waals surface area contributed by atoms with E-state index < -0.39 is 5.91 Å². The molecule has 1 saturated carbocycles. The smallest absolute Gasteiger partial charge is 0.250 e. The molecular weight excluding hydrogens is 252 g/mol. The van der Waals surface area contributed by atoms with Crippen LogP contribution in [0.3, 0.4) is 0 Å². The zero-order chi connectivity index (χ0) is 14.5. The van der Waals surface area contributed by atoms with E-state index in [2.05, 4.69) is 17.3 Å². The lowest BCUT2D eigenvalue weighted by molar-refractivity contribution is 0.100. The minimum absolute atomic E-state index is 0.374. The SMILES string of the molecule is CN(CCNc1ccc(N)c(C(N)=O)c1)C1CCCC1. The van der Waals surface area contributed by atoms with Gasteiger partial charge in [-0.2, -0.15) is 0 Å². The van der Waals surface area contributed by atoms with Crippen LogP contribution in [0.15, 0.2) is 18.2 Å². The van der Waals surface area contributed by atoms with Crippen molar-refractivity contribution in [1.82, 2.24) is 4.90 Å². The lowest BCUT2D eigenvalue weighted by Crippen LogP contribution is -2.33. The Bertz CT molecular complexity index is 469. The second kappa shape index (κ2) is 6.61. The maximum atomic E-state index is 11.2. The van der Waals surface area contributed by atoms with Crippen molar-refractivity contribution in [2.45, 2.75) is 31.7 Å². The van der Waals surface area contributed by atoms with Crippen molar-refractivity contribution in [3.63, 3.8) is 0 Å². The highest BCUT2D eigenvalue weighted by atomic mass is 16.1. The van der Waals surface area contributed by atoms with Crippen LogP contribution >= 0.6 is 0 Å². The van der Waals surface area contributed by atoms with E-state index in [1.807, 2.05) is 6.07 Å². The number of nitrogen functional groups attached to an aromatic ring is 1. The van der Waals surface area contributed by atoms with Crippen molar-refractivity contribution in [1.29, 1.82) is 0 Å². The number of amides is 1. The van der Waals surface area contributed by atoms with Crippen molar-refractivity contribution in [3.05, 3.63) is 23.8 Å². The summed E-state index contributed by atoms with van der Waals surface area (Å²) in [5, 5.41) is 3.32. The van der Waals surface area contributed by atoms with Gasteiger partial charge >= 0.3 is 0 Å². The van der Waals surface area contributed by atoms with E-state index in [9.17, 15) is 4.79 Å². The van der Waals surface area contributed by atoms with Crippen molar-refractivity contribution in [2.24, 2.45) is 5.73 Å². The van der Waals surface area contributed by atoms with Gasteiger partial charge in [-0.15, -0.1) is 0 Å². The Kier molecular flexibility index (Phi) is 4.84. The molecule has 0 radical (unpaired) electrons. The Balaban J connectivity index is 1.84. The van der Waals surface area contributed by atoms with Crippen LogP contribution in [0.4, 0.5) is 11.4 Å². The predicted molar refractivity (Wildman–Crippen MR) is 82.7 cm³/mol. The van der Waals surface area contributed by atoms with Crippen LogP contribution in [0, 0.1) is 0 Å². The average molecular weight is 276 g/mol. The number of carbonyl (C=O) groups excluding carboxylic acids is 1. The molecule has 110 valence electrons. The van der Waals surface area contributed by atoms with Crippen molar-refractivity contribution in [2.75, 3.05) is 31.2 Å². The van der Waals surface area contributed by atoms with Crippen LogP contribution in [0.1, 0.15) is 36.0 Å². The summed E-state index contributed by atoms with van der Waals surface area (Å²) < 4.78 is 0. The highest BCUT2D eigenvalue weighted by Crippen LogP contribution is 2.22. The van der Waals surface area contributed by atoms with Crippen LogP contribution in [0.2, 0.25) is 0 Å². The van der Waals surface area contributed by atoms with E-state index in [4.69, 9.17) is 11.5 Å². The molecule has 0 heterocycles. The maximum Gasteiger partial charge on any atom is 0.250 e. The number of carbonyl (C=O) groups is 1. The molecule has 0 aromatic heterocycles. The second-order valence-corrected chi connectivity index (χ2v) is 5.51. The first-order valence-electron chi connectivity index (χ1n) is 7.21. The van der Waals surface area contributed by atoms with Gasteiger partial charge in [-0.05, 0) is 38.1 Å². The van der Waals surface area contributed by atoms with Crippen LogP contribution in [-0.2, 0) is 0 Å². The summed E-state index contributed by atoms with van der Waals surface area (Å²) in [6, 6.07) is 6.03. The fraction of sp³-hybridized carbons (Fsp3) is 0.533. The standard InChI is InChI=1S/C15H24N4O/c1-19(12-4-2-3-5-12)9-8-18-11-6-7-14(16)13(10-11)15(17)20/h6-7,10,12,18H,2-5,8-9,16H2,1H3,(H2,17,20). The molecule has 1 fully saturated rings. The molecule has 5 N–H and O–H groups in total. The van der Waals surface area contributed by atoms with E-state index in [-0.39, 0.29) is 0 Å². The molecule has 5 heteroatoms. The molecule has 2 rings (SSSR count). The van der Waals surface area contributed by atoms with Gasteiger partial charge in [0.15, 0.2) is 0 Å². The largest absolute Gasteiger partial charge is 0.398 e. The third-order valence-electron chi connectivity index (χ3n) is 4.06. The summed E-state index contributed by atoms with van der Waals surface area (Å²) in [4.78, 5) is 13.6. The van der Waals surface area contributed by atoms with Crippen molar-refractivity contribution >= 4 is 17.3 Å². The first kappa shape index (κ1) is 14.7. The number of likely N-dealkylation sites (N-methyl/N-ethyl adjacent to an activating group) is 1. The number of primary amides is 1. The molecule has 1 aliphatic rings. The first-order chi connectivity index (χ1) is 9.58. The van der Waals surface area contributed by atoms with Gasteiger partial charge in [0.1, 0.15) is 0 Å². The summed E-state index contributed by atoms with van der Waals surface area (Å²) in [7, 11) is 2.18. The Morgan fingerprint density at radius 1 is 1.40 bits per heavy atom. The Labute approximate surface area is 120 Å². The van der Waals surface area contributed by atoms with Gasteiger partial charge in [0, 0.05) is 30.5 Å². The number of nitrogens with zero attached hydrogens (tertiary/aromatic N) is 1. The number of benzene rings is 1. The van der Waals surface area contributed by atoms with Gasteiger partial charge in [0.05, 0.1) is 5.56 Å². The molecule has 1 aliphatic carbocycles. The summed E-state index contributed by atoms with van der Waals surface area (Å²) in [5.41, 5.74) is 12.7. The first-order valence-corrected chi connectivity index (χ1v) is 7.21. The fourth-order valence-corrected chi connectivity index (χ4v) is 2.78. The Morgan fingerprint density at radius 2 is 2.10 bits per heavy atom. The second-order valence-electron chi connectivity index (χ2n) is 5.51. The minimum atomic E-state index is -0.491. The van der Waals surface area contributed by atoms with Crippen molar-refractivity contribution in [3.8, 4) is 0 Å². The Morgan fingerprint density at radius 3 is 2.75 bits per heavy atom. The third-order valence-corrected chi connectivity index (χ3v) is 4.06. The predicted octanol–water partition coefficient (Wildman–Crippen LogP) is 1.65. The number of hydrogen-bond acceptors (Lipinski definition) is 4. The van der Waals surface area contributed by atoms with Crippen LogP contribution < -0.4 is 16.8 Å². The van der Waals surface area contributed by atoms with Crippen molar-refractivity contribution < 1.29 is 4.79 Å². The summed E-state index contributed by atoms with van der Waals surface area (Å²) >= 11 is 0. The van der Waals surface area contributed by atoms with Gasteiger partial charge in [-0.3, -0.25) is 4.79 Å². The molecule has 20 heavy (non-hydrogen) atoms. The Hall–Kier alpha value is -1.75. The number of nitrogens with one attached hydrogen (secondary N) is 1. The molecule has 1 aromatic rings. The fourth-order valence-electron chi connectivity index (χ4n) is 2.78. The molecule has 0 unspecified atom stereocenters. The highest BCUT2D eigenvalue weighted by Gasteiger charge is 2.18. The number of nitrogens with two attached hydrogens (primary N) is 2. The van der Waals surface area contributed by atoms with E-state index in [0.29, 0.717) is 11.3 Å². The number of hydrogen-bond donors (Lipinski definition) is 3. The monoisotopic (exact) mass is 276 g/mol. The summed E-state index contributed by atoms with van der Waals surface area (Å²) in [5.74, 6) is -0.491. The van der Waals surface area contributed by atoms with Gasteiger partial charge in [-0.1, -0.05) is 12.8 Å². The van der Waals surface area contributed by atoms with Crippen LogP contribution in [0.25, 0.3) is 0 Å². The van der Waals surface area contributed by atoms with E-state index in [1.165, 1.54) is 25.7 Å². The zero-order valence-corrected chi connectivity index (χ0v) is 12.1. The van der Waals surface area contributed by atoms with Crippen LogP contribution in [0.5, 0.6) is 0 Å². The zero-order valence-electron chi connectivity index (χ0n) is 12.1. The minimum Gasteiger partial charge on any atom is -0.398 e. The molecular formula is C15H24N4O. The third kappa shape index (κ3) is 3.63. The maximum absolute atomic E-state index is 11.2. The number of anilines is 2. The lowest BCUT2D eigenvalue weighted by atomic mass is 10.1. The van der Waals surface area contributed by atoms with Gasteiger partial charge in [-0.25, -0.2) is 0 Å². The molecule has 1 amide bonds. The normalized spacial score (nSPS) is 15.7. The summed E-state index contributed by atoms with van der Waals surface area (Å²) in [6.07, 6.45) is 5.32. The molecule has 0 spiro atoms. The topological polar surface area (TPSA) is 84.4 Å². The van der Waals surface area contributed by atoms with Gasteiger partial charge in [0.25, 0.3) is 5.91 Å². The molecule has 0 saturated heterocycles. The molecule has 0 bridgehead atoms. The highest BCUT2D eigenvalue weighted by molar-refractivity contribution is 5.98. The molecule has 0 atom stereocenters. The van der Waals surface area contributed by atoms with Gasteiger partial charge in [0.2, 0.25) is 0 Å². The van der Waals surface area contributed by atoms with E-state index >= 15 is 0 Å². The average Bonchev–Trinajstić information content (AvgIpc) is 2.94.